The SMILES string of the molecule is COc1ccc(C)cc1NC(=O)C1CCCN(Cc2nc(-c3ccc(OC)c(OC)c3)no2)C1. The number of piperidine rings is 1. The highest BCUT2D eigenvalue weighted by Crippen LogP contribution is 2.31. The Morgan fingerprint density at radius 2 is 1.85 bits per heavy atom. The summed E-state index contributed by atoms with van der Waals surface area (Å²) in [5, 5.41) is 7.16. The molecule has 9 heteroatoms. The van der Waals surface area contributed by atoms with E-state index in [1.54, 1.807) is 27.4 Å². The molecule has 1 unspecified atom stereocenters. The maximum absolute atomic E-state index is 13.0. The van der Waals surface area contributed by atoms with E-state index in [2.05, 4.69) is 20.4 Å². The van der Waals surface area contributed by atoms with E-state index in [0.29, 0.717) is 47.7 Å². The van der Waals surface area contributed by atoms with E-state index in [-0.39, 0.29) is 11.8 Å². The second-order valence-corrected chi connectivity index (χ2v) is 8.35. The molecule has 2 heterocycles. The topological polar surface area (TPSA) is 99.0 Å². The number of carbonyl (C=O) groups is 1. The van der Waals surface area contributed by atoms with Crippen LogP contribution in [0.2, 0.25) is 0 Å². The first-order valence-electron chi connectivity index (χ1n) is 11.2. The van der Waals surface area contributed by atoms with Crippen LogP contribution in [0.25, 0.3) is 11.4 Å². The van der Waals surface area contributed by atoms with Crippen LogP contribution >= 0.6 is 0 Å². The van der Waals surface area contributed by atoms with Crippen LogP contribution in [0, 0.1) is 12.8 Å². The Labute approximate surface area is 199 Å². The molecule has 0 radical (unpaired) electrons. The molecule has 4 rings (SSSR count). The minimum Gasteiger partial charge on any atom is -0.495 e. The zero-order valence-electron chi connectivity index (χ0n) is 20.0. The maximum atomic E-state index is 13.0. The Morgan fingerprint density at radius 1 is 1.09 bits per heavy atom. The number of methoxy groups -OCH3 is 3. The van der Waals surface area contributed by atoms with Gasteiger partial charge in [0.25, 0.3) is 0 Å². The van der Waals surface area contributed by atoms with Crippen molar-refractivity contribution in [3.63, 3.8) is 0 Å². The summed E-state index contributed by atoms with van der Waals surface area (Å²) in [4.78, 5) is 19.7. The van der Waals surface area contributed by atoms with Crippen molar-refractivity contribution in [1.82, 2.24) is 15.0 Å². The summed E-state index contributed by atoms with van der Waals surface area (Å²) >= 11 is 0. The van der Waals surface area contributed by atoms with Gasteiger partial charge < -0.3 is 24.1 Å². The van der Waals surface area contributed by atoms with Gasteiger partial charge in [0.15, 0.2) is 11.5 Å². The molecule has 1 N–H and O–H groups in total. The normalized spacial score (nSPS) is 16.2. The highest BCUT2D eigenvalue weighted by molar-refractivity contribution is 5.94. The average Bonchev–Trinajstić information content (AvgIpc) is 3.32. The molecule has 9 nitrogen and oxygen atoms in total. The van der Waals surface area contributed by atoms with E-state index in [9.17, 15) is 4.79 Å². The van der Waals surface area contributed by atoms with Crippen LogP contribution in [-0.4, -0.2) is 55.4 Å². The third-order valence-electron chi connectivity index (χ3n) is 5.96. The molecule has 1 atom stereocenters. The summed E-state index contributed by atoms with van der Waals surface area (Å²) < 4.78 is 21.5. The van der Waals surface area contributed by atoms with E-state index in [0.717, 1.165) is 30.5 Å². The number of benzene rings is 2. The van der Waals surface area contributed by atoms with E-state index in [4.69, 9.17) is 18.7 Å². The summed E-state index contributed by atoms with van der Waals surface area (Å²) in [6.07, 6.45) is 1.75. The van der Waals surface area contributed by atoms with Gasteiger partial charge in [0.1, 0.15) is 5.75 Å². The molecule has 0 saturated carbocycles. The van der Waals surface area contributed by atoms with E-state index in [1.165, 1.54) is 0 Å². The van der Waals surface area contributed by atoms with Gasteiger partial charge in [0.2, 0.25) is 17.6 Å². The first-order chi connectivity index (χ1) is 16.5. The van der Waals surface area contributed by atoms with E-state index < -0.39 is 0 Å². The lowest BCUT2D eigenvalue weighted by Crippen LogP contribution is -2.40. The zero-order valence-corrected chi connectivity index (χ0v) is 20.0. The van der Waals surface area contributed by atoms with Crippen molar-refractivity contribution in [3.05, 3.63) is 47.9 Å². The number of likely N-dealkylation sites (tertiary alicyclic amines) is 1. The van der Waals surface area contributed by atoms with Crippen LogP contribution in [0.1, 0.15) is 24.3 Å². The minimum atomic E-state index is -0.132. The molecule has 0 bridgehead atoms. The minimum absolute atomic E-state index is 0.00912. The van der Waals surface area contributed by atoms with Crippen LogP contribution in [0.5, 0.6) is 17.2 Å². The van der Waals surface area contributed by atoms with Crippen molar-refractivity contribution in [3.8, 4) is 28.6 Å². The lowest BCUT2D eigenvalue weighted by molar-refractivity contribution is -0.121. The molecular weight excluding hydrogens is 436 g/mol. The van der Waals surface area contributed by atoms with Gasteiger partial charge in [-0.25, -0.2) is 0 Å². The molecule has 0 aliphatic carbocycles. The Hall–Kier alpha value is -3.59. The van der Waals surface area contributed by atoms with Crippen LogP contribution in [0.4, 0.5) is 5.69 Å². The number of nitrogens with zero attached hydrogens (tertiary/aromatic N) is 3. The molecule has 1 aliphatic heterocycles. The van der Waals surface area contributed by atoms with Gasteiger partial charge in [-0.15, -0.1) is 0 Å². The number of aromatic nitrogens is 2. The van der Waals surface area contributed by atoms with Crippen molar-refractivity contribution in [2.75, 3.05) is 39.7 Å². The van der Waals surface area contributed by atoms with Crippen molar-refractivity contribution >= 4 is 11.6 Å². The van der Waals surface area contributed by atoms with Crippen molar-refractivity contribution in [1.29, 1.82) is 0 Å². The molecule has 3 aromatic rings. The largest absolute Gasteiger partial charge is 0.495 e. The van der Waals surface area contributed by atoms with Crippen LogP contribution in [0.3, 0.4) is 0 Å². The molecule has 2 aromatic carbocycles. The molecule has 180 valence electrons. The zero-order chi connectivity index (χ0) is 24.1. The highest BCUT2D eigenvalue weighted by atomic mass is 16.5. The number of anilines is 1. The Morgan fingerprint density at radius 3 is 2.62 bits per heavy atom. The monoisotopic (exact) mass is 466 g/mol. The van der Waals surface area contributed by atoms with Crippen molar-refractivity contribution in [2.45, 2.75) is 26.3 Å². The van der Waals surface area contributed by atoms with Crippen LogP contribution in [0.15, 0.2) is 40.9 Å². The average molecular weight is 467 g/mol. The van der Waals surface area contributed by atoms with E-state index >= 15 is 0 Å². The van der Waals surface area contributed by atoms with Crippen molar-refractivity contribution in [2.24, 2.45) is 5.92 Å². The Balaban J connectivity index is 1.40. The summed E-state index contributed by atoms with van der Waals surface area (Å²) in [6, 6.07) is 11.2. The molecule has 1 aliphatic rings. The third-order valence-corrected chi connectivity index (χ3v) is 5.96. The van der Waals surface area contributed by atoms with Gasteiger partial charge in [-0.1, -0.05) is 11.2 Å². The molecule has 1 fully saturated rings. The number of hydrogen-bond acceptors (Lipinski definition) is 8. The van der Waals surface area contributed by atoms with Gasteiger partial charge in [-0.2, -0.15) is 4.98 Å². The third kappa shape index (κ3) is 5.31. The molecule has 0 spiro atoms. The lowest BCUT2D eigenvalue weighted by Gasteiger charge is -2.31. The smallest absolute Gasteiger partial charge is 0.241 e. The van der Waals surface area contributed by atoms with Crippen molar-refractivity contribution < 1.29 is 23.5 Å². The van der Waals surface area contributed by atoms with E-state index in [1.807, 2.05) is 37.3 Å². The fourth-order valence-electron chi connectivity index (χ4n) is 4.17. The second kappa shape index (κ2) is 10.6. The Bertz CT molecular complexity index is 1150. The number of nitrogens with one attached hydrogen (secondary N) is 1. The molecule has 1 amide bonds. The summed E-state index contributed by atoms with van der Waals surface area (Å²) in [6.45, 7) is 3.95. The van der Waals surface area contributed by atoms with Gasteiger partial charge in [-0.3, -0.25) is 9.69 Å². The molecule has 1 aromatic heterocycles. The Kier molecular flexibility index (Phi) is 7.32. The van der Waals surface area contributed by atoms with Crippen LogP contribution < -0.4 is 19.5 Å². The molecule has 34 heavy (non-hydrogen) atoms. The quantitative estimate of drug-likeness (QED) is 0.533. The predicted molar refractivity (Wildman–Crippen MR) is 127 cm³/mol. The van der Waals surface area contributed by atoms with Gasteiger partial charge in [0.05, 0.1) is 39.5 Å². The van der Waals surface area contributed by atoms with Gasteiger partial charge in [-0.05, 0) is 62.2 Å². The standard InChI is InChI=1S/C25H30N4O5/c1-16-7-9-20(31-2)19(12-16)26-25(30)18-6-5-11-29(14-18)15-23-27-24(28-34-23)17-8-10-21(32-3)22(13-17)33-4/h7-10,12-13,18H,5-6,11,14-15H2,1-4H3,(H,26,30). The number of aryl methyl sites for hydroxylation is 1. The number of ether oxygens (including phenoxy) is 3. The maximum Gasteiger partial charge on any atom is 0.241 e. The fraction of sp³-hybridized carbons (Fsp3) is 0.400. The summed E-state index contributed by atoms with van der Waals surface area (Å²) in [7, 11) is 4.78. The number of hydrogen-bond donors (Lipinski definition) is 1. The fourth-order valence-corrected chi connectivity index (χ4v) is 4.17. The molecular formula is C25H30N4O5. The number of rotatable bonds is 8. The summed E-state index contributed by atoms with van der Waals surface area (Å²) in [5.74, 6) is 2.73. The molecule has 1 saturated heterocycles. The summed E-state index contributed by atoms with van der Waals surface area (Å²) in [5.41, 5.74) is 2.53. The van der Waals surface area contributed by atoms with Crippen LogP contribution in [-0.2, 0) is 11.3 Å². The first kappa shape index (κ1) is 23.6. The highest BCUT2D eigenvalue weighted by Gasteiger charge is 2.27. The lowest BCUT2D eigenvalue weighted by atomic mass is 9.97. The second-order valence-electron chi connectivity index (χ2n) is 8.35. The number of amides is 1. The first-order valence-corrected chi connectivity index (χ1v) is 11.2. The predicted octanol–water partition coefficient (Wildman–Crippen LogP) is 3.92. The van der Waals surface area contributed by atoms with Gasteiger partial charge >= 0.3 is 0 Å². The van der Waals surface area contributed by atoms with Gasteiger partial charge in [0, 0.05) is 12.1 Å². The number of carbonyl (C=O) groups excluding carboxylic acids is 1.